The fraction of sp³-hybridized carbons (Fsp3) is 0.700. The van der Waals surface area contributed by atoms with E-state index in [9.17, 15) is 0 Å². The predicted molar refractivity (Wildman–Crippen MR) is 57.8 cm³/mol. The normalized spacial score (nSPS) is 28.2. The second-order valence-electron chi connectivity index (χ2n) is 3.44. The standard InChI is InChI=1S/C10H18NP/c1-2-3-4-5-7-10(11)8-6-9-12-10/h6,8-9H,2-5,7,11H2,1H3. The van der Waals surface area contributed by atoms with E-state index in [1.54, 1.807) is 0 Å². The highest BCUT2D eigenvalue weighted by Crippen LogP contribution is 2.29. The van der Waals surface area contributed by atoms with E-state index in [2.05, 4.69) is 24.9 Å². The van der Waals surface area contributed by atoms with Crippen LogP contribution in [0.5, 0.6) is 0 Å². The van der Waals surface area contributed by atoms with Crippen LogP contribution >= 0.6 is 8.20 Å². The van der Waals surface area contributed by atoms with Gasteiger partial charge >= 0.3 is 0 Å². The first-order chi connectivity index (χ1) is 5.77. The molecule has 2 heteroatoms. The predicted octanol–water partition coefficient (Wildman–Crippen LogP) is 2.93. The van der Waals surface area contributed by atoms with Gasteiger partial charge in [0, 0.05) is 0 Å². The van der Waals surface area contributed by atoms with Crippen molar-refractivity contribution in [3.8, 4) is 0 Å². The van der Waals surface area contributed by atoms with Crippen molar-refractivity contribution in [1.82, 2.24) is 0 Å². The molecule has 0 bridgehead atoms. The molecule has 1 aliphatic rings. The summed E-state index contributed by atoms with van der Waals surface area (Å²) < 4.78 is 0. The average molecular weight is 183 g/mol. The summed E-state index contributed by atoms with van der Waals surface area (Å²) in [5.74, 6) is 2.14. The van der Waals surface area contributed by atoms with Gasteiger partial charge in [-0.2, -0.15) is 0 Å². The lowest BCUT2D eigenvalue weighted by Gasteiger charge is -2.17. The molecule has 1 atom stereocenters. The Bertz CT molecular complexity index is 172. The second kappa shape index (κ2) is 4.79. The fourth-order valence-electron chi connectivity index (χ4n) is 1.42. The third-order valence-electron chi connectivity index (χ3n) is 2.22. The van der Waals surface area contributed by atoms with Crippen LogP contribution in [0.2, 0.25) is 0 Å². The Balaban J connectivity index is 2.14. The van der Waals surface area contributed by atoms with E-state index >= 15 is 0 Å². The van der Waals surface area contributed by atoms with Gasteiger partial charge in [0.15, 0.2) is 0 Å². The zero-order chi connectivity index (χ0) is 8.86. The summed E-state index contributed by atoms with van der Waals surface area (Å²) in [4.78, 5) is 0. The molecule has 1 rings (SSSR count). The van der Waals surface area contributed by atoms with Crippen LogP contribution in [0.3, 0.4) is 0 Å². The van der Waals surface area contributed by atoms with Crippen LogP contribution < -0.4 is 5.73 Å². The molecule has 1 nitrogen and oxygen atoms in total. The highest BCUT2D eigenvalue weighted by atomic mass is 31.1. The Morgan fingerprint density at radius 3 is 2.75 bits per heavy atom. The molecule has 0 fully saturated rings. The monoisotopic (exact) mass is 183 g/mol. The molecule has 1 heterocycles. The first-order valence-corrected chi connectivity index (χ1v) is 5.75. The minimum Gasteiger partial charge on any atom is -0.315 e. The second-order valence-corrected chi connectivity index (χ2v) is 4.83. The van der Waals surface area contributed by atoms with Gasteiger partial charge in [0.05, 0.1) is 5.28 Å². The summed E-state index contributed by atoms with van der Waals surface area (Å²) in [5, 5.41) is -0.0201. The SMILES string of the molecule is CCCCCCC1(N)C=CC=P1. The quantitative estimate of drug-likeness (QED) is 0.514. The van der Waals surface area contributed by atoms with Crippen LogP contribution in [-0.4, -0.2) is 11.1 Å². The van der Waals surface area contributed by atoms with Crippen molar-refractivity contribution in [2.45, 2.75) is 44.3 Å². The van der Waals surface area contributed by atoms with Crippen LogP contribution in [0.4, 0.5) is 0 Å². The fourth-order valence-corrected chi connectivity index (χ4v) is 2.33. The smallest absolute Gasteiger partial charge is 0.0767 e. The van der Waals surface area contributed by atoms with Crippen molar-refractivity contribution in [3.63, 3.8) is 0 Å². The lowest BCUT2D eigenvalue weighted by atomic mass is 10.1. The molecule has 0 aromatic heterocycles. The van der Waals surface area contributed by atoms with Crippen molar-refractivity contribution < 1.29 is 0 Å². The van der Waals surface area contributed by atoms with Crippen molar-refractivity contribution in [3.05, 3.63) is 12.2 Å². The average Bonchev–Trinajstić information content (AvgIpc) is 2.47. The highest BCUT2D eigenvalue weighted by molar-refractivity contribution is 7.41. The van der Waals surface area contributed by atoms with E-state index in [1.165, 1.54) is 33.9 Å². The maximum Gasteiger partial charge on any atom is 0.0767 e. The number of hydrogen-bond donors (Lipinski definition) is 1. The van der Waals surface area contributed by atoms with Gasteiger partial charge < -0.3 is 5.73 Å². The van der Waals surface area contributed by atoms with E-state index in [1.807, 2.05) is 0 Å². The van der Waals surface area contributed by atoms with Gasteiger partial charge in [-0.25, -0.2) is 0 Å². The molecular formula is C10H18NP. The Kier molecular flexibility index (Phi) is 3.97. The van der Waals surface area contributed by atoms with Crippen LogP contribution in [0, 0.1) is 0 Å². The Morgan fingerprint density at radius 1 is 1.33 bits per heavy atom. The van der Waals surface area contributed by atoms with Gasteiger partial charge in [0.1, 0.15) is 0 Å². The molecule has 68 valence electrons. The molecule has 0 amide bonds. The Hall–Kier alpha value is -0.130. The summed E-state index contributed by atoms with van der Waals surface area (Å²) in [6, 6.07) is 0. The number of hydrogen-bond acceptors (Lipinski definition) is 1. The Morgan fingerprint density at radius 2 is 2.17 bits per heavy atom. The Labute approximate surface area is 76.8 Å². The molecule has 2 N–H and O–H groups in total. The third-order valence-corrected chi connectivity index (χ3v) is 3.39. The van der Waals surface area contributed by atoms with Gasteiger partial charge in [0.25, 0.3) is 0 Å². The first kappa shape index (κ1) is 9.95. The van der Waals surface area contributed by atoms with Gasteiger partial charge in [-0.15, -0.1) is 0 Å². The molecule has 0 saturated heterocycles. The molecule has 12 heavy (non-hydrogen) atoms. The summed E-state index contributed by atoms with van der Waals surface area (Å²) in [5.41, 5.74) is 6.11. The largest absolute Gasteiger partial charge is 0.315 e. The van der Waals surface area contributed by atoms with Crippen molar-refractivity contribution in [2.75, 3.05) is 0 Å². The summed E-state index contributed by atoms with van der Waals surface area (Å²) in [6.45, 7) is 2.24. The van der Waals surface area contributed by atoms with E-state index < -0.39 is 0 Å². The molecule has 1 unspecified atom stereocenters. The number of unbranched alkanes of at least 4 members (excludes halogenated alkanes) is 3. The molecular weight excluding hydrogens is 165 g/mol. The molecule has 0 aromatic rings. The van der Waals surface area contributed by atoms with Gasteiger partial charge in [-0.05, 0) is 12.2 Å². The minimum absolute atomic E-state index is 0.0201. The van der Waals surface area contributed by atoms with Crippen LogP contribution in [0.15, 0.2) is 12.2 Å². The van der Waals surface area contributed by atoms with Crippen molar-refractivity contribution in [2.24, 2.45) is 5.73 Å². The van der Waals surface area contributed by atoms with E-state index in [0.717, 1.165) is 6.42 Å². The van der Waals surface area contributed by atoms with Gasteiger partial charge in [-0.1, -0.05) is 53.0 Å². The maximum atomic E-state index is 6.11. The van der Waals surface area contributed by atoms with E-state index in [-0.39, 0.29) is 5.28 Å². The lowest BCUT2D eigenvalue weighted by molar-refractivity contribution is 0.575. The topological polar surface area (TPSA) is 26.0 Å². The molecule has 0 aromatic carbocycles. The molecule has 1 aliphatic heterocycles. The minimum atomic E-state index is -0.0201. The third kappa shape index (κ3) is 3.08. The van der Waals surface area contributed by atoms with Gasteiger partial charge in [-0.3, -0.25) is 0 Å². The summed E-state index contributed by atoms with van der Waals surface area (Å²) in [7, 11) is 1.28. The van der Waals surface area contributed by atoms with Crippen LogP contribution in [-0.2, 0) is 0 Å². The lowest BCUT2D eigenvalue weighted by Crippen LogP contribution is -2.29. The van der Waals surface area contributed by atoms with E-state index in [0.29, 0.717) is 0 Å². The molecule has 0 radical (unpaired) electrons. The zero-order valence-corrected chi connectivity index (χ0v) is 8.69. The van der Waals surface area contributed by atoms with E-state index in [4.69, 9.17) is 5.73 Å². The molecule has 0 spiro atoms. The summed E-state index contributed by atoms with van der Waals surface area (Å²) >= 11 is 0. The van der Waals surface area contributed by atoms with Crippen LogP contribution in [0.25, 0.3) is 0 Å². The van der Waals surface area contributed by atoms with Crippen molar-refractivity contribution in [1.29, 1.82) is 0 Å². The summed E-state index contributed by atoms with van der Waals surface area (Å²) in [6.07, 6.45) is 10.6. The number of nitrogens with two attached hydrogens (primary N) is 1. The first-order valence-electron chi connectivity index (χ1n) is 4.79. The van der Waals surface area contributed by atoms with Crippen LogP contribution in [0.1, 0.15) is 39.0 Å². The molecule has 0 aliphatic carbocycles. The highest BCUT2D eigenvalue weighted by Gasteiger charge is 2.19. The number of rotatable bonds is 5. The van der Waals surface area contributed by atoms with Gasteiger partial charge in [0.2, 0.25) is 0 Å². The van der Waals surface area contributed by atoms with Crippen molar-refractivity contribution >= 4 is 14.0 Å². The molecule has 0 saturated carbocycles. The zero-order valence-electron chi connectivity index (χ0n) is 7.79. The number of allylic oxidation sites excluding steroid dienone is 1. The maximum absolute atomic E-state index is 6.11.